The molecular weight excluding hydrogens is 263 g/mol. The molecule has 1 heterocycles. The Labute approximate surface area is 124 Å². The normalized spacial score (nSPS) is 15.0. The molecule has 0 atom stereocenters. The minimum absolute atomic E-state index is 0.276. The highest BCUT2D eigenvalue weighted by Gasteiger charge is 2.15. The van der Waals surface area contributed by atoms with Gasteiger partial charge in [-0.15, -0.1) is 0 Å². The molecule has 2 aromatic carbocycles. The van der Waals surface area contributed by atoms with Gasteiger partial charge >= 0.3 is 0 Å². The highest BCUT2D eigenvalue weighted by atomic mass is 19.1. The minimum Gasteiger partial charge on any atom is -0.298 e. The zero-order valence-corrected chi connectivity index (χ0v) is 11.8. The predicted molar refractivity (Wildman–Crippen MR) is 80.2 cm³/mol. The summed E-state index contributed by atoms with van der Waals surface area (Å²) in [5, 5.41) is 9.15. The van der Waals surface area contributed by atoms with Crippen molar-refractivity contribution in [2.24, 2.45) is 0 Å². The molecule has 0 N–H and O–H groups in total. The molecule has 3 heteroatoms. The van der Waals surface area contributed by atoms with E-state index in [1.54, 1.807) is 6.07 Å². The van der Waals surface area contributed by atoms with Crippen LogP contribution in [0.2, 0.25) is 0 Å². The molecule has 21 heavy (non-hydrogen) atoms. The van der Waals surface area contributed by atoms with Crippen LogP contribution in [0.15, 0.2) is 42.5 Å². The SMILES string of the molecule is N#Cc1ccc(F)cc1CN1CCc2ccccc2CC1. The molecule has 3 rings (SSSR count). The molecule has 106 valence electrons. The van der Waals surface area contributed by atoms with Gasteiger partial charge in [-0.05, 0) is 47.7 Å². The summed E-state index contributed by atoms with van der Waals surface area (Å²) in [6.45, 7) is 2.52. The molecule has 0 bridgehead atoms. The summed E-state index contributed by atoms with van der Waals surface area (Å²) < 4.78 is 13.4. The van der Waals surface area contributed by atoms with Gasteiger partial charge < -0.3 is 0 Å². The fourth-order valence-corrected chi connectivity index (χ4v) is 2.92. The summed E-state index contributed by atoms with van der Waals surface area (Å²) in [6.07, 6.45) is 2.01. The summed E-state index contributed by atoms with van der Waals surface area (Å²) in [5.41, 5.74) is 4.15. The van der Waals surface area contributed by atoms with Crippen molar-refractivity contribution in [3.63, 3.8) is 0 Å². The molecule has 2 nitrogen and oxygen atoms in total. The molecule has 0 aliphatic carbocycles. The first-order chi connectivity index (χ1) is 10.3. The lowest BCUT2D eigenvalue weighted by molar-refractivity contribution is 0.278. The monoisotopic (exact) mass is 280 g/mol. The Morgan fingerprint density at radius 3 is 2.33 bits per heavy atom. The van der Waals surface area contributed by atoms with Crippen LogP contribution in [0.25, 0.3) is 0 Å². The molecule has 2 aromatic rings. The fraction of sp³-hybridized carbons (Fsp3) is 0.278. The Hall–Kier alpha value is -2.18. The van der Waals surface area contributed by atoms with Gasteiger partial charge in [0.15, 0.2) is 0 Å². The second-order valence-electron chi connectivity index (χ2n) is 5.46. The van der Waals surface area contributed by atoms with Crippen LogP contribution in [0.4, 0.5) is 4.39 Å². The van der Waals surface area contributed by atoms with Crippen LogP contribution in [0, 0.1) is 17.1 Å². The van der Waals surface area contributed by atoms with Crippen LogP contribution in [-0.4, -0.2) is 18.0 Å². The number of nitriles is 1. The van der Waals surface area contributed by atoms with E-state index in [1.165, 1.54) is 23.3 Å². The Morgan fingerprint density at radius 1 is 1.05 bits per heavy atom. The van der Waals surface area contributed by atoms with Gasteiger partial charge in [0, 0.05) is 19.6 Å². The number of rotatable bonds is 2. The van der Waals surface area contributed by atoms with E-state index in [4.69, 9.17) is 5.26 Å². The van der Waals surface area contributed by atoms with Crippen molar-refractivity contribution >= 4 is 0 Å². The Bertz CT molecular complexity index is 661. The largest absolute Gasteiger partial charge is 0.298 e. The van der Waals surface area contributed by atoms with Crippen molar-refractivity contribution < 1.29 is 4.39 Å². The number of hydrogen-bond donors (Lipinski definition) is 0. The van der Waals surface area contributed by atoms with Crippen molar-refractivity contribution in [2.45, 2.75) is 19.4 Å². The molecule has 1 aliphatic heterocycles. The van der Waals surface area contributed by atoms with Gasteiger partial charge in [0.2, 0.25) is 0 Å². The van der Waals surface area contributed by atoms with Crippen LogP contribution < -0.4 is 0 Å². The highest BCUT2D eigenvalue weighted by Crippen LogP contribution is 2.19. The van der Waals surface area contributed by atoms with Crippen molar-refractivity contribution in [1.29, 1.82) is 5.26 Å². The summed E-state index contributed by atoms with van der Waals surface area (Å²) in [5.74, 6) is -0.276. The third kappa shape index (κ3) is 3.12. The van der Waals surface area contributed by atoms with E-state index in [2.05, 4.69) is 35.2 Å². The zero-order valence-electron chi connectivity index (χ0n) is 11.8. The van der Waals surface area contributed by atoms with Crippen LogP contribution in [-0.2, 0) is 19.4 Å². The molecule has 0 fully saturated rings. The van der Waals surface area contributed by atoms with Crippen molar-refractivity contribution in [2.75, 3.05) is 13.1 Å². The Morgan fingerprint density at radius 2 is 1.71 bits per heavy atom. The summed E-state index contributed by atoms with van der Waals surface area (Å²) in [7, 11) is 0. The van der Waals surface area contributed by atoms with E-state index in [0.29, 0.717) is 12.1 Å². The van der Waals surface area contributed by atoms with Crippen LogP contribution >= 0.6 is 0 Å². The van der Waals surface area contributed by atoms with Gasteiger partial charge in [0.05, 0.1) is 11.6 Å². The molecule has 0 radical (unpaired) electrons. The first-order valence-corrected chi connectivity index (χ1v) is 7.24. The maximum atomic E-state index is 13.4. The molecule has 0 saturated heterocycles. The van der Waals surface area contributed by atoms with Gasteiger partial charge in [-0.2, -0.15) is 5.26 Å². The van der Waals surface area contributed by atoms with Crippen LogP contribution in [0.1, 0.15) is 22.3 Å². The van der Waals surface area contributed by atoms with Crippen molar-refractivity contribution in [3.8, 4) is 6.07 Å². The summed E-state index contributed by atoms with van der Waals surface area (Å²) in [4.78, 5) is 2.30. The second kappa shape index (κ2) is 6.07. The smallest absolute Gasteiger partial charge is 0.123 e. The predicted octanol–water partition coefficient (Wildman–Crippen LogP) is 3.30. The summed E-state index contributed by atoms with van der Waals surface area (Å²) >= 11 is 0. The highest BCUT2D eigenvalue weighted by molar-refractivity contribution is 5.38. The Kier molecular flexibility index (Phi) is 3.98. The number of nitrogens with zero attached hydrogens (tertiary/aromatic N) is 2. The number of benzene rings is 2. The lowest BCUT2D eigenvalue weighted by atomic mass is 10.0. The molecule has 0 unspecified atom stereocenters. The Balaban J connectivity index is 1.76. The second-order valence-corrected chi connectivity index (χ2v) is 5.46. The van der Waals surface area contributed by atoms with E-state index in [1.807, 2.05) is 0 Å². The molecule has 0 spiro atoms. The minimum atomic E-state index is -0.276. The van der Waals surface area contributed by atoms with Gasteiger partial charge in [0.25, 0.3) is 0 Å². The maximum Gasteiger partial charge on any atom is 0.123 e. The van der Waals surface area contributed by atoms with E-state index in [9.17, 15) is 4.39 Å². The molecule has 0 aromatic heterocycles. The first-order valence-electron chi connectivity index (χ1n) is 7.24. The van der Waals surface area contributed by atoms with Gasteiger partial charge in [-0.1, -0.05) is 24.3 Å². The summed E-state index contributed by atoms with van der Waals surface area (Å²) in [6, 6.07) is 15.1. The van der Waals surface area contributed by atoms with E-state index in [0.717, 1.165) is 31.5 Å². The standard InChI is InChI=1S/C18H17FN2/c19-18-6-5-16(12-20)17(11-18)13-21-9-7-14-3-1-2-4-15(14)8-10-21/h1-6,11H,7-10,13H2. The maximum absolute atomic E-state index is 13.4. The van der Waals surface area contributed by atoms with Crippen LogP contribution in [0.3, 0.4) is 0 Å². The third-order valence-electron chi connectivity index (χ3n) is 4.09. The van der Waals surface area contributed by atoms with E-state index >= 15 is 0 Å². The van der Waals surface area contributed by atoms with Gasteiger partial charge in [0.1, 0.15) is 5.82 Å². The quantitative estimate of drug-likeness (QED) is 0.844. The number of halogens is 1. The fourth-order valence-electron chi connectivity index (χ4n) is 2.92. The van der Waals surface area contributed by atoms with Crippen LogP contribution in [0.5, 0.6) is 0 Å². The topological polar surface area (TPSA) is 27.0 Å². The lowest BCUT2D eigenvalue weighted by Crippen LogP contribution is -2.26. The number of fused-ring (bicyclic) bond motifs is 1. The van der Waals surface area contributed by atoms with Crippen molar-refractivity contribution in [1.82, 2.24) is 4.90 Å². The van der Waals surface area contributed by atoms with Crippen molar-refractivity contribution in [3.05, 3.63) is 70.5 Å². The van der Waals surface area contributed by atoms with E-state index in [-0.39, 0.29) is 5.82 Å². The molecule has 0 saturated carbocycles. The molecule has 1 aliphatic rings. The average molecular weight is 280 g/mol. The van der Waals surface area contributed by atoms with Gasteiger partial charge in [-0.3, -0.25) is 4.90 Å². The number of hydrogen-bond acceptors (Lipinski definition) is 2. The average Bonchev–Trinajstić information content (AvgIpc) is 2.71. The third-order valence-corrected chi connectivity index (χ3v) is 4.09. The van der Waals surface area contributed by atoms with E-state index < -0.39 is 0 Å². The molecular formula is C18H17FN2. The first kappa shape index (κ1) is 13.8. The lowest BCUT2D eigenvalue weighted by Gasteiger charge is -2.20. The zero-order chi connectivity index (χ0) is 14.7. The molecule has 0 amide bonds. The van der Waals surface area contributed by atoms with Gasteiger partial charge in [-0.25, -0.2) is 4.39 Å².